The molecule has 0 bridgehead atoms. The molecule has 0 unspecified atom stereocenters. The standard InChI is InChI=1S/C10H6Cl2F6N2O/c11-4-1-2-5(12)6(3-4)19-8(21)20-7(9(13,14)15)10(16,17)18/h1-3,7H,(H2,19,20,21). The molecule has 2 amide bonds. The van der Waals surface area contributed by atoms with E-state index in [4.69, 9.17) is 23.2 Å². The molecule has 1 aromatic carbocycles. The van der Waals surface area contributed by atoms with Gasteiger partial charge in [-0.1, -0.05) is 23.2 Å². The van der Waals surface area contributed by atoms with Crippen molar-refractivity contribution in [3.63, 3.8) is 0 Å². The van der Waals surface area contributed by atoms with Crippen molar-refractivity contribution in [2.75, 3.05) is 5.32 Å². The summed E-state index contributed by atoms with van der Waals surface area (Å²) < 4.78 is 73.5. The van der Waals surface area contributed by atoms with E-state index < -0.39 is 24.4 Å². The van der Waals surface area contributed by atoms with E-state index in [-0.39, 0.29) is 15.7 Å². The van der Waals surface area contributed by atoms with Gasteiger partial charge in [-0.25, -0.2) is 4.79 Å². The lowest BCUT2D eigenvalue weighted by atomic mass is 10.3. The molecule has 2 N–H and O–H groups in total. The third-order valence-electron chi connectivity index (χ3n) is 2.11. The van der Waals surface area contributed by atoms with E-state index in [9.17, 15) is 31.1 Å². The number of hydrogen-bond donors (Lipinski definition) is 2. The molecule has 21 heavy (non-hydrogen) atoms. The summed E-state index contributed by atoms with van der Waals surface area (Å²) in [5.74, 6) is 0. The molecule has 0 aromatic heterocycles. The van der Waals surface area contributed by atoms with Crippen LogP contribution in [0, 0.1) is 0 Å². The number of alkyl halides is 6. The minimum absolute atomic E-state index is 0.0814. The van der Waals surface area contributed by atoms with Gasteiger partial charge in [0.25, 0.3) is 0 Å². The molecule has 0 spiro atoms. The van der Waals surface area contributed by atoms with E-state index in [1.54, 1.807) is 5.32 Å². The van der Waals surface area contributed by atoms with Crippen LogP contribution < -0.4 is 10.6 Å². The number of benzene rings is 1. The van der Waals surface area contributed by atoms with E-state index >= 15 is 0 Å². The zero-order valence-electron chi connectivity index (χ0n) is 9.74. The van der Waals surface area contributed by atoms with E-state index in [0.717, 1.165) is 11.4 Å². The maximum Gasteiger partial charge on any atom is 0.417 e. The monoisotopic (exact) mass is 354 g/mol. The summed E-state index contributed by atoms with van der Waals surface area (Å²) in [5.41, 5.74) is -0.232. The normalized spacial score (nSPS) is 12.4. The van der Waals surface area contributed by atoms with Gasteiger partial charge in [-0.3, -0.25) is 0 Å². The van der Waals surface area contributed by atoms with Crippen LogP contribution in [0.25, 0.3) is 0 Å². The molecular formula is C10H6Cl2F6N2O. The summed E-state index contributed by atoms with van der Waals surface area (Å²) in [5, 5.41) is 2.52. The van der Waals surface area contributed by atoms with Gasteiger partial charge in [-0.2, -0.15) is 26.3 Å². The van der Waals surface area contributed by atoms with Gasteiger partial charge in [0.15, 0.2) is 0 Å². The maximum absolute atomic E-state index is 12.2. The van der Waals surface area contributed by atoms with Crippen LogP contribution in [0.1, 0.15) is 0 Å². The van der Waals surface area contributed by atoms with Crippen LogP contribution in [0.4, 0.5) is 36.8 Å². The molecule has 3 nitrogen and oxygen atoms in total. The van der Waals surface area contributed by atoms with Crippen molar-refractivity contribution in [3.05, 3.63) is 28.2 Å². The molecule has 0 atom stereocenters. The Morgan fingerprint density at radius 3 is 2.05 bits per heavy atom. The number of halogens is 8. The Morgan fingerprint density at radius 1 is 1.05 bits per heavy atom. The summed E-state index contributed by atoms with van der Waals surface area (Å²) in [7, 11) is 0. The second-order valence-corrected chi connectivity index (χ2v) is 4.58. The highest BCUT2D eigenvalue weighted by Crippen LogP contribution is 2.33. The number of anilines is 1. The number of nitrogens with one attached hydrogen (secondary N) is 2. The first-order valence-electron chi connectivity index (χ1n) is 5.07. The molecule has 0 aliphatic heterocycles. The first-order chi connectivity index (χ1) is 9.41. The van der Waals surface area contributed by atoms with Crippen LogP contribution >= 0.6 is 23.2 Å². The molecule has 118 valence electrons. The topological polar surface area (TPSA) is 41.1 Å². The van der Waals surface area contributed by atoms with Crippen LogP contribution in [0.5, 0.6) is 0 Å². The van der Waals surface area contributed by atoms with Crippen LogP contribution in [0.2, 0.25) is 10.0 Å². The Balaban J connectivity index is 2.87. The van der Waals surface area contributed by atoms with Gasteiger partial charge in [0, 0.05) is 5.02 Å². The Bertz CT molecular complexity index is 517. The van der Waals surface area contributed by atoms with Gasteiger partial charge >= 0.3 is 18.4 Å². The molecule has 1 rings (SSSR count). The Labute approximate surface area is 124 Å². The third kappa shape index (κ3) is 5.16. The molecule has 1 aromatic rings. The van der Waals surface area contributed by atoms with Crippen molar-refractivity contribution in [2.45, 2.75) is 18.4 Å². The quantitative estimate of drug-likeness (QED) is 0.748. The maximum atomic E-state index is 12.2. The Kier molecular flexibility index (Phi) is 5.21. The van der Waals surface area contributed by atoms with Crippen LogP contribution in [-0.2, 0) is 0 Å². The second-order valence-electron chi connectivity index (χ2n) is 3.74. The summed E-state index contributed by atoms with van der Waals surface area (Å²) in [6.07, 6.45) is -11.4. The molecule has 0 aliphatic rings. The summed E-state index contributed by atoms with van der Waals surface area (Å²) >= 11 is 11.2. The molecule has 0 aliphatic carbocycles. The summed E-state index contributed by atoms with van der Waals surface area (Å²) in [4.78, 5) is 11.3. The number of rotatable bonds is 2. The van der Waals surface area contributed by atoms with Gasteiger partial charge in [0.1, 0.15) is 0 Å². The van der Waals surface area contributed by atoms with Crippen molar-refractivity contribution >= 4 is 34.9 Å². The van der Waals surface area contributed by atoms with Crippen molar-refractivity contribution in [1.82, 2.24) is 5.32 Å². The van der Waals surface area contributed by atoms with E-state index in [0.29, 0.717) is 0 Å². The van der Waals surface area contributed by atoms with Gasteiger partial charge < -0.3 is 10.6 Å². The first kappa shape index (κ1) is 17.7. The van der Waals surface area contributed by atoms with E-state index in [1.165, 1.54) is 12.1 Å². The van der Waals surface area contributed by atoms with Gasteiger partial charge in [-0.15, -0.1) is 0 Å². The van der Waals surface area contributed by atoms with Crippen molar-refractivity contribution < 1.29 is 31.1 Å². The highest BCUT2D eigenvalue weighted by Gasteiger charge is 2.57. The molecule has 0 saturated heterocycles. The predicted octanol–water partition coefficient (Wildman–Crippen LogP) is 4.61. The van der Waals surface area contributed by atoms with Crippen molar-refractivity contribution in [2.24, 2.45) is 0 Å². The number of carbonyl (C=O) groups excluding carboxylic acids is 1. The highest BCUT2D eigenvalue weighted by atomic mass is 35.5. The highest BCUT2D eigenvalue weighted by molar-refractivity contribution is 6.35. The number of amides is 2. The summed E-state index contributed by atoms with van der Waals surface area (Å²) in [6, 6.07) is -2.12. The van der Waals surface area contributed by atoms with Crippen LogP contribution in [0.15, 0.2) is 18.2 Å². The SMILES string of the molecule is O=C(Nc1cc(Cl)ccc1Cl)NC(C(F)(F)F)C(F)(F)F. The average Bonchev–Trinajstić information content (AvgIpc) is 2.28. The van der Waals surface area contributed by atoms with E-state index in [2.05, 4.69) is 0 Å². The third-order valence-corrected chi connectivity index (χ3v) is 2.67. The lowest BCUT2D eigenvalue weighted by molar-refractivity contribution is -0.255. The number of hydrogen-bond acceptors (Lipinski definition) is 1. The van der Waals surface area contributed by atoms with E-state index in [1.807, 2.05) is 0 Å². The number of carbonyl (C=O) groups is 1. The van der Waals surface area contributed by atoms with Gasteiger partial charge in [0.05, 0.1) is 10.7 Å². The second kappa shape index (κ2) is 6.18. The van der Waals surface area contributed by atoms with Crippen molar-refractivity contribution in [1.29, 1.82) is 0 Å². The fourth-order valence-corrected chi connectivity index (χ4v) is 1.57. The molecular weight excluding hydrogens is 349 g/mol. The smallest absolute Gasteiger partial charge is 0.318 e. The van der Waals surface area contributed by atoms with Crippen LogP contribution in [0.3, 0.4) is 0 Å². The first-order valence-corrected chi connectivity index (χ1v) is 5.83. The lowest BCUT2D eigenvalue weighted by Gasteiger charge is -2.24. The lowest BCUT2D eigenvalue weighted by Crippen LogP contribution is -2.55. The van der Waals surface area contributed by atoms with Gasteiger partial charge in [0.2, 0.25) is 6.04 Å². The molecule has 11 heteroatoms. The average molecular weight is 355 g/mol. The summed E-state index contributed by atoms with van der Waals surface area (Å²) in [6.45, 7) is 0. The molecule has 0 saturated carbocycles. The van der Waals surface area contributed by atoms with Crippen molar-refractivity contribution in [3.8, 4) is 0 Å². The molecule has 0 radical (unpaired) electrons. The van der Waals surface area contributed by atoms with Gasteiger partial charge in [-0.05, 0) is 18.2 Å². The zero-order chi connectivity index (χ0) is 16.4. The fourth-order valence-electron chi connectivity index (χ4n) is 1.23. The molecule has 0 heterocycles. The Hall–Kier alpha value is -1.35. The Morgan fingerprint density at radius 2 is 1.57 bits per heavy atom. The largest absolute Gasteiger partial charge is 0.417 e. The fraction of sp³-hybridized carbons (Fsp3) is 0.300. The zero-order valence-corrected chi connectivity index (χ0v) is 11.3. The van der Waals surface area contributed by atoms with Crippen LogP contribution in [-0.4, -0.2) is 24.4 Å². The number of urea groups is 1. The molecule has 0 fully saturated rings. The minimum atomic E-state index is -5.69. The minimum Gasteiger partial charge on any atom is -0.318 e. The predicted molar refractivity (Wildman–Crippen MR) is 64.5 cm³/mol.